The van der Waals surface area contributed by atoms with E-state index in [9.17, 15) is 8.42 Å². The van der Waals surface area contributed by atoms with E-state index < -0.39 is 10.0 Å². The molecule has 1 unspecified atom stereocenters. The van der Waals surface area contributed by atoms with Crippen LogP contribution in [0.25, 0.3) is 0 Å². The van der Waals surface area contributed by atoms with Crippen LogP contribution in [0.5, 0.6) is 0 Å². The summed E-state index contributed by atoms with van der Waals surface area (Å²) in [6.45, 7) is 5.90. The van der Waals surface area contributed by atoms with Gasteiger partial charge in [-0.25, -0.2) is 12.7 Å². The lowest BCUT2D eigenvalue weighted by atomic mass is 10.3. The second-order valence-electron chi connectivity index (χ2n) is 4.52. The molecule has 0 radical (unpaired) electrons. The van der Waals surface area contributed by atoms with Crippen molar-refractivity contribution in [3.63, 3.8) is 0 Å². The van der Waals surface area contributed by atoms with Gasteiger partial charge in [0.2, 0.25) is 10.0 Å². The van der Waals surface area contributed by atoms with Crippen LogP contribution in [0, 0.1) is 0 Å². The molecule has 6 nitrogen and oxygen atoms in total. The lowest BCUT2D eigenvalue weighted by molar-refractivity contribution is 0.444. The molecule has 0 spiro atoms. The Morgan fingerprint density at radius 2 is 2.16 bits per heavy atom. The van der Waals surface area contributed by atoms with Gasteiger partial charge in [-0.2, -0.15) is 0 Å². The predicted octanol–water partition coefficient (Wildman–Crippen LogP) is 0.603. The van der Waals surface area contributed by atoms with Gasteiger partial charge in [0.25, 0.3) is 0 Å². The van der Waals surface area contributed by atoms with E-state index in [1.165, 1.54) is 4.31 Å². The molecule has 19 heavy (non-hydrogen) atoms. The maximum absolute atomic E-state index is 11.6. The molecule has 0 aliphatic carbocycles. The molecule has 1 fully saturated rings. The van der Waals surface area contributed by atoms with Crippen LogP contribution in [-0.2, 0) is 10.0 Å². The summed E-state index contributed by atoms with van der Waals surface area (Å²) in [5.74, 6) is 1.01. The predicted molar refractivity (Wildman–Crippen MR) is 89.6 cm³/mol. The standard InChI is InChI=1S/C11H24N4O2S.HI/c1-4-10(2)14-11(12-3)13-6-8-15-7-5-9-18(15,16)17;/h10H,4-9H2,1-3H3,(H2,12,13,14);1H. The number of hydrogen-bond donors (Lipinski definition) is 2. The Morgan fingerprint density at radius 1 is 1.47 bits per heavy atom. The van der Waals surface area contributed by atoms with Crippen molar-refractivity contribution in [3.05, 3.63) is 0 Å². The molecule has 2 N–H and O–H groups in total. The molecule has 1 aliphatic heterocycles. The van der Waals surface area contributed by atoms with Crippen molar-refractivity contribution in [1.29, 1.82) is 0 Å². The Morgan fingerprint density at radius 3 is 2.63 bits per heavy atom. The Balaban J connectivity index is 0.00000324. The lowest BCUT2D eigenvalue weighted by Gasteiger charge is -2.18. The Kier molecular flexibility index (Phi) is 8.92. The van der Waals surface area contributed by atoms with Gasteiger partial charge in [0.05, 0.1) is 5.75 Å². The fourth-order valence-corrected chi connectivity index (χ4v) is 3.30. The van der Waals surface area contributed by atoms with Crippen molar-refractivity contribution in [1.82, 2.24) is 14.9 Å². The Bertz CT molecular complexity index is 386. The van der Waals surface area contributed by atoms with Crippen LogP contribution in [0.4, 0.5) is 0 Å². The average molecular weight is 404 g/mol. The molecule has 0 aromatic heterocycles. The van der Waals surface area contributed by atoms with Crippen LogP contribution in [0.1, 0.15) is 26.7 Å². The van der Waals surface area contributed by atoms with Gasteiger partial charge in [-0.3, -0.25) is 4.99 Å². The van der Waals surface area contributed by atoms with E-state index in [-0.39, 0.29) is 29.7 Å². The van der Waals surface area contributed by atoms with Crippen molar-refractivity contribution in [3.8, 4) is 0 Å². The number of sulfonamides is 1. The number of nitrogens with zero attached hydrogens (tertiary/aromatic N) is 2. The number of hydrogen-bond acceptors (Lipinski definition) is 3. The van der Waals surface area contributed by atoms with E-state index in [0.29, 0.717) is 25.7 Å². The molecule has 1 aliphatic rings. The van der Waals surface area contributed by atoms with Crippen LogP contribution in [0.2, 0.25) is 0 Å². The van der Waals surface area contributed by atoms with E-state index in [0.717, 1.165) is 18.8 Å². The number of guanidine groups is 1. The van der Waals surface area contributed by atoms with Crippen molar-refractivity contribution >= 4 is 40.0 Å². The van der Waals surface area contributed by atoms with Crippen molar-refractivity contribution in [2.75, 3.05) is 32.4 Å². The number of nitrogens with one attached hydrogen (secondary N) is 2. The van der Waals surface area contributed by atoms with E-state index in [1.54, 1.807) is 7.05 Å². The zero-order chi connectivity index (χ0) is 13.6. The van der Waals surface area contributed by atoms with E-state index in [1.807, 2.05) is 0 Å². The molecular weight excluding hydrogens is 379 g/mol. The summed E-state index contributed by atoms with van der Waals surface area (Å²) >= 11 is 0. The van der Waals surface area contributed by atoms with Crippen LogP contribution < -0.4 is 10.6 Å². The Hall–Kier alpha value is -0.0900. The van der Waals surface area contributed by atoms with Gasteiger partial charge < -0.3 is 10.6 Å². The van der Waals surface area contributed by atoms with Crippen LogP contribution in [0.3, 0.4) is 0 Å². The fourth-order valence-electron chi connectivity index (χ4n) is 1.77. The molecule has 0 bridgehead atoms. The zero-order valence-corrected chi connectivity index (χ0v) is 15.0. The van der Waals surface area contributed by atoms with Crippen LogP contribution in [-0.4, -0.2) is 57.2 Å². The number of halogens is 1. The normalized spacial score (nSPS) is 20.7. The van der Waals surface area contributed by atoms with Crippen LogP contribution in [0.15, 0.2) is 4.99 Å². The minimum absolute atomic E-state index is 0. The van der Waals surface area contributed by atoms with Gasteiger partial charge in [0.1, 0.15) is 0 Å². The molecule has 1 heterocycles. The third-order valence-corrected chi connectivity index (χ3v) is 5.03. The summed E-state index contributed by atoms with van der Waals surface area (Å²) in [6.07, 6.45) is 1.75. The van der Waals surface area contributed by atoms with Crippen LogP contribution >= 0.6 is 24.0 Å². The molecule has 0 amide bonds. The molecule has 1 atom stereocenters. The van der Waals surface area contributed by atoms with Gasteiger partial charge in [-0.1, -0.05) is 6.92 Å². The summed E-state index contributed by atoms with van der Waals surface area (Å²) < 4.78 is 24.7. The first kappa shape index (κ1) is 18.9. The summed E-state index contributed by atoms with van der Waals surface area (Å²) in [5.41, 5.74) is 0. The van der Waals surface area contributed by atoms with Crippen molar-refractivity contribution in [2.45, 2.75) is 32.7 Å². The Labute approximate surface area is 133 Å². The highest BCUT2D eigenvalue weighted by Crippen LogP contribution is 2.11. The highest BCUT2D eigenvalue weighted by Gasteiger charge is 2.27. The molecule has 0 saturated carbocycles. The molecule has 8 heteroatoms. The third-order valence-electron chi connectivity index (χ3n) is 3.08. The first-order valence-electron chi connectivity index (χ1n) is 6.44. The van der Waals surface area contributed by atoms with Crippen molar-refractivity contribution < 1.29 is 8.42 Å². The lowest BCUT2D eigenvalue weighted by Crippen LogP contribution is -2.44. The fraction of sp³-hybridized carbons (Fsp3) is 0.909. The topological polar surface area (TPSA) is 73.8 Å². The second kappa shape index (κ2) is 8.96. The van der Waals surface area contributed by atoms with Gasteiger partial charge in [-0.05, 0) is 19.8 Å². The summed E-state index contributed by atoms with van der Waals surface area (Å²) in [5, 5.41) is 6.37. The minimum atomic E-state index is -2.99. The molecule has 1 saturated heterocycles. The quantitative estimate of drug-likeness (QED) is 0.400. The minimum Gasteiger partial charge on any atom is -0.355 e. The zero-order valence-electron chi connectivity index (χ0n) is 11.8. The first-order valence-corrected chi connectivity index (χ1v) is 8.05. The molecule has 114 valence electrons. The van der Waals surface area contributed by atoms with Gasteiger partial charge in [0, 0.05) is 32.7 Å². The highest BCUT2D eigenvalue weighted by atomic mass is 127. The maximum atomic E-state index is 11.6. The molecule has 0 aromatic carbocycles. The largest absolute Gasteiger partial charge is 0.355 e. The van der Waals surface area contributed by atoms with Gasteiger partial charge >= 0.3 is 0 Å². The summed E-state index contributed by atoms with van der Waals surface area (Å²) in [6, 6.07) is 0.353. The smallest absolute Gasteiger partial charge is 0.214 e. The maximum Gasteiger partial charge on any atom is 0.214 e. The number of aliphatic imine (C=N–C) groups is 1. The van der Waals surface area contributed by atoms with Gasteiger partial charge in [-0.15, -0.1) is 24.0 Å². The van der Waals surface area contributed by atoms with Crippen molar-refractivity contribution in [2.24, 2.45) is 4.99 Å². The number of rotatable bonds is 5. The highest BCUT2D eigenvalue weighted by molar-refractivity contribution is 14.0. The van der Waals surface area contributed by atoms with Gasteiger partial charge in [0.15, 0.2) is 5.96 Å². The molecule has 0 aromatic rings. The van der Waals surface area contributed by atoms with E-state index in [4.69, 9.17) is 0 Å². The van der Waals surface area contributed by atoms with E-state index in [2.05, 4.69) is 29.5 Å². The van der Waals surface area contributed by atoms with E-state index >= 15 is 0 Å². The SMILES string of the molecule is CCC(C)NC(=NC)NCCN1CCCS1(=O)=O.I. The second-order valence-corrected chi connectivity index (χ2v) is 6.61. The third kappa shape index (κ3) is 6.26. The summed E-state index contributed by atoms with van der Waals surface area (Å²) in [4.78, 5) is 4.10. The molecular formula is C11H25IN4O2S. The summed E-state index contributed by atoms with van der Waals surface area (Å²) in [7, 11) is -1.27. The first-order chi connectivity index (χ1) is 8.49. The monoisotopic (exact) mass is 404 g/mol. The average Bonchev–Trinajstić information content (AvgIpc) is 2.67. The molecule has 1 rings (SSSR count).